The number of hydrogen-bond acceptors (Lipinski definition) is 2. The van der Waals surface area contributed by atoms with Crippen molar-refractivity contribution in [3.05, 3.63) is 51.4 Å². The smallest absolute Gasteiger partial charge is 0.0837 e. The molecule has 0 saturated heterocycles. The molecule has 0 spiro atoms. The third kappa shape index (κ3) is 2.38. The second kappa shape index (κ2) is 4.32. The topological polar surface area (TPSA) is 43.8 Å². The molecule has 0 amide bonds. The molecule has 78 valence electrons. The molecule has 1 aromatic heterocycles. The first-order valence-corrected chi connectivity index (χ1v) is 5.75. The minimum absolute atomic E-state index is 0.138. The summed E-state index contributed by atoms with van der Waals surface area (Å²) in [4.78, 5) is 0. The van der Waals surface area contributed by atoms with Crippen molar-refractivity contribution >= 4 is 22.6 Å². The van der Waals surface area contributed by atoms with E-state index in [1.165, 1.54) is 3.57 Å². The first kappa shape index (κ1) is 10.6. The molecule has 1 atom stereocenters. The van der Waals surface area contributed by atoms with Gasteiger partial charge in [0.25, 0.3) is 0 Å². The Balaban J connectivity index is 2.32. The highest BCUT2D eigenvalue weighted by molar-refractivity contribution is 14.1. The third-order valence-electron chi connectivity index (χ3n) is 2.26. The molecule has 0 fully saturated rings. The first-order valence-electron chi connectivity index (χ1n) is 4.67. The van der Waals surface area contributed by atoms with E-state index in [0.717, 1.165) is 11.3 Å². The van der Waals surface area contributed by atoms with Crippen molar-refractivity contribution in [2.24, 2.45) is 12.8 Å². The predicted octanol–water partition coefficient (Wildman–Crippen LogP) is 2.07. The van der Waals surface area contributed by atoms with Crippen LogP contribution in [0, 0.1) is 3.57 Å². The van der Waals surface area contributed by atoms with Crippen LogP contribution in [0.5, 0.6) is 0 Å². The van der Waals surface area contributed by atoms with Crippen LogP contribution in [0.1, 0.15) is 17.3 Å². The van der Waals surface area contributed by atoms with Gasteiger partial charge in [0.05, 0.1) is 11.7 Å². The van der Waals surface area contributed by atoms with E-state index in [1.807, 2.05) is 31.4 Å². The van der Waals surface area contributed by atoms with E-state index < -0.39 is 0 Å². The van der Waals surface area contributed by atoms with E-state index in [-0.39, 0.29) is 6.04 Å². The summed E-state index contributed by atoms with van der Waals surface area (Å²) in [5.74, 6) is 0. The van der Waals surface area contributed by atoms with Gasteiger partial charge in [-0.25, -0.2) is 0 Å². The van der Waals surface area contributed by atoms with Crippen LogP contribution in [0.25, 0.3) is 0 Å². The summed E-state index contributed by atoms with van der Waals surface area (Å²) in [6.45, 7) is 0. The number of halogens is 1. The molecule has 1 heterocycles. The molecule has 15 heavy (non-hydrogen) atoms. The molecule has 0 aliphatic carbocycles. The molecule has 3 nitrogen and oxygen atoms in total. The van der Waals surface area contributed by atoms with E-state index in [9.17, 15) is 0 Å². The second-order valence-electron chi connectivity index (χ2n) is 3.45. The summed E-state index contributed by atoms with van der Waals surface area (Å²) in [6, 6.07) is 9.99. The third-order valence-corrected chi connectivity index (χ3v) is 2.93. The first-order chi connectivity index (χ1) is 7.16. The fourth-order valence-electron chi connectivity index (χ4n) is 1.47. The lowest BCUT2D eigenvalue weighted by Gasteiger charge is -2.09. The van der Waals surface area contributed by atoms with E-state index in [2.05, 4.69) is 39.8 Å². The van der Waals surface area contributed by atoms with Gasteiger partial charge in [-0.1, -0.05) is 12.1 Å². The number of aryl methyl sites for hydroxylation is 1. The van der Waals surface area contributed by atoms with Gasteiger partial charge in [0.15, 0.2) is 0 Å². The highest BCUT2D eigenvalue weighted by Gasteiger charge is 2.11. The molecule has 0 saturated carbocycles. The minimum Gasteiger partial charge on any atom is -0.319 e. The summed E-state index contributed by atoms with van der Waals surface area (Å²) in [5.41, 5.74) is 8.12. The molecule has 0 aliphatic rings. The van der Waals surface area contributed by atoms with Gasteiger partial charge in [0, 0.05) is 16.8 Å². The van der Waals surface area contributed by atoms with E-state index in [1.54, 1.807) is 4.68 Å². The van der Waals surface area contributed by atoms with Crippen molar-refractivity contribution in [1.82, 2.24) is 9.78 Å². The van der Waals surface area contributed by atoms with Crippen LogP contribution in [0.3, 0.4) is 0 Å². The number of benzene rings is 1. The molecule has 1 unspecified atom stereocenters. The lowest BCUT2D eigenvalue weighted by molar-refractivity contribution is 0.715. The van der Waals surface area contributed by atoms with Crippen molar-refractivity contribution in [2.45, 2.75) is 6.04 Å². The van der Waals surface area contributed by atoms with Gasteiger partial charge >= 0.3 is 0 Å². The predicted molar refractivity (Wildman–Crippen MR) is 68.4 cm³/mol. The number of nitrogens with zero attached hydrogens (tertiary/aromatic N) is 2. The molecular weight excluding hydrogens is 301 g/mol. The number of nitrogens with two attached hydrogens (primary N) is 1. The standard InChI is InChI=1S/C11H12IN3/c1-15-6-5-10(14-15)11(13)8-3-2-4-9(12)7-8/h2-7,11H,13H2,1H3. The Hall–Kier alpha value is -0.880. The van der Waals surface area contributed by atoms with E-state index in [0.29, 0.717) is 0 Å². The van der Waals surface area contributed by atoms with Crippen molar-refractivity contribution < 1.29 is 0 Å². The quantitative estimate of drug-likeness (QED) is 0.863. The van der Waals surface area contributed by atoms with Gasteiger partial charge < -0.3 is 5.73 Å². The van der Waals surface area contributed by atoms with Gasteiger partial charge in [-0.05, 0) is 46.4 Å². The molecule has 2 aromatic rings. The molecule has 2 N–H and O–H groups in total. The highest BCUT2D eigenvalue weighted by Crippen LogP contribution is 2.19. The van der Waals surface area contributed by atoms with Gasteiger partial charge in [0.1, 0.15) is 0 Å². The minimum atomic E-state index is -0.138. The Morgan fingerprint density at radius 2 is 2.20 bits per heavy atom. The lowest BCUT2D eigenvalue weighted by Crippen LogP contribution is -2.13. The Morgan fingerprint density at radius 1 is 1.40 bits per heavy atom. The van der Waals surface area contributed by atoms with E-state index >= 15 is 0 Å². The van der Waals surface area contributed by atoms with Gasteiger partial charge in [-0.2, -0.15) is 5.10 Å². The fraction of sp³-hybridized carbons (Fsp3) is 0.182. The molecule has 0 bridgehead atoms. The summed E-state index contributed by atoms with van der Waals surface area (Å²) >= 11 is 2.28. The Morgan fingerprint density at radius 3 is 2.80 bits per heavy atom. The lowest BCUT2D eigenvalue weighted by atomic mass is 10.1. The van der Waals surface area contributed by atoms with Crippen LogP contribution >= 0.6 is 22.6 Å². The van der Waals surface area contributed by atoms with Crippen molar-refractivity contribution in [3.8, 4) is 0 Å². The van der Waals surface area contributed by atoms with Crippen molar-refractivity contribution in [3.63, 3.8) is 0 Å². The SMILES string of the molecule is Cn1ccc(C(N)c2cccc(I)c2)n1. The Bertz CT molecular complexity index is 464. The van der Waals surface area contributed by atoms with Crippen LogP contribution in [0.2, 0.25) is 0 Å². The maximum atomic E-state index is 6.12. The van der Waals surface area contributed by atoms with Crippen LogP contribution in [0.15, 0.2) is 36.5 Å². The van der Waals surface area contributed by atoms with Crippen LogP contribution in [-0.4, -0.2) is 9.78 Å². The average molecular weight is 313 g/mol. The number of aromatic nitrogens is 2. The molecule has 1 aromatic carbocycles. The van der Waals surface area contributed by atoms with Gasteiger partial charge in [-0.3, -0.25) is 4.68 Å². The maximum Gasteiger partial charge on any atom is 0.0837 e. The number of rotatable bonds is 2. The summed E-state index contributed by atoms with van der Waals surface area (Å²) in [7, 11) is 1.89. The largest absolute Gasteiger partial charge is 0.319 e. The van der Waals surface area contributed by atoms with Crippen LogP contribution < -0.4 is 5.73 Å². The Kier molecular flexibility index (Phi) is 3.06. The molecule has 2 rings (SSSR count). The van der Waals surface area contributed by atoms with Crippen LogP contribution in [0.4, 0.5) is 0 Å². The fourth-order valence-corrected chi connectivity index (χ4v) is 2.04. The number of hydrogen-bond donors (Lipinski definition) is 1. The summed E-state index contributed by atoms with van der Waals surface area (Å²) in [6.07, 6.45) is 1.91. The Labute approximate surface area is 102 Å². The van der Waals surface area contributed by atoms with Crippen molar-refractivity contribution in [1.29, 1.82) is 0 Å². The second-order valence-corrected chi connectivity index (χ2v) is 4.69. The summed E-state index contributed by atoms with van der Waals surface area (Å²) < 4.78 is 2.96. The maximum absolute atomic E-state index is 6.12. The normalized spacial score (nSPS) is 12.7. The zero-order valence-corrected chi connectivity index (χ0v) is 10.5. The molecule has 0 radical (unpaired) electrons. The summed E-state index contributed by atoms with van der Waals surface area (Å²) in [5, 5.41) is 4.31. The molecular formula is C11H12IN3. The van der Waals surface area contributed by atoms with Gasteiger partial charge in [-0.15, -0.1) is 0 Å². The van der Waals surface area contributed by atoms with Crippen molar-refractivity contribution in [2.75, 3.05) is 0 Å². The average Bonchev–Trinajstić information content (AvgIpc) is 2.64. The zero-order valence-electron chi connectivity index (χ0n) is 8.39. The highest BCUT2D eigenvalue weighted by atomic mass is 127. The van der Waals surface area contributed by atoms with E-state index in [4.69, 9.17) is 5.73 Å². The monoisotopic (exact) mass is 313 g/mol. The zero-order chi connectivity index (χ0) is 10.8. The van der Waals surface area contributed by atoms with Crippen LogP contribution in [-0.2, 0) is 7.05 Å². The molecule has 4 heteroatoms. The van der Waals surface area contributed by atoms with Gasteiger partial charge in [0.2, 0.25) is 0 Å². The molecule has 0 aliphatic heterocycles.